The van der Waals surface area contributed by atoms with Gasteiger partial charge in [0.05, 0.1) is 5.56 Å². The van der Waals surface area contributed by atoms with Crippen LogP contribution in [0, 0.1) is 6.92 Å². The third-order valence-electron chi connectivity index (χ3n) is 2.65. The van der Waals surface area contributed by atoms with Crippen molar-refractivity contribution < 1.29 is 9.90 Å². The lowest BCUT2D eigenvalue weighted by molar-refractivity contribution is 0.0909. The number of rotatable bonds is 4. The SMILES string of the molecule is Cc1cccc(C(=O)NC(C)(C)CCBr)c1O. The maximum Gasteiger partial charge on any atom is 0.255 e. The molecule has 0 heterocycles. The molecule has 1 aromatic rings. The zero-order valence-corrected chi connectivity index (χ0v) is 12.0. The van der Waals surface area contributed by atoms with Crippen molar-refractivity contribution in [3.05, 3.63) is 29.3 Å². The summed E-state index contributed by atoms with van der Waals surface area (Å²) in [5, 5.41) is 13.6. The molecule has 2 N–H and O–H groups in total. The highest BCUT2D eigenvalue weighted by Gasteiger charge is 2.22. The minimum Gasteiger partial charge on any atom is -0.507 e. The first kappa shape index (κ1) is 14.0. The molecule has 0 saturated carbocycles. The molecule has 0 fully saturated rings. The summed E-state index contributed by atoms with van der Waals surface area (Å²) < 4.78 is 0. The zero-order chi connectivity index (χ0) is 13.1. The Morgan fingerprint density at radius 1 is 1.47 bits per heavy atom. The van der Waals surface area contributed by atoms with E-state index in [-0.39, 0.29) is 17.2 Å². The summed E-state index contributed by atoms with van der Waals surface area (Å²) >= 11 is 3.36. The summed E-state index contributed by atoms with van der Waals surface area (Å²) in [7, 11) is 0. The predicted molar refractivity (Wildman–Crippen MR) is 72.8 cm³/mol. The highest BCUT2D eigenvalue weighted by Crippen LogP contribution is 2.22. The van der Waals surface area contributed by atoms with Crippen molar-refractivity contribution in [1.29, 1.82) is 0 Å². The van der Waals surface area contributed by atoms with Gasteiger partial charge in [-0.1, -0.05) is 28.1 Å². The minimum atomic E-state index is -0.295. The van der Waals surface area contributed by atoms with E-state index in [0.717, 1.165) is 11.8 Å². The van der Waals surface area contributed by atoms with Gasteiger partial charge < -0.3 is 10.4 Å². The van der Waals surface area contributed by atoms with Crippen molar-refractivity contribution in [2.75, 3.05) is 5.33 Å². The molecule has 4 heteroatoms. The number of para-hydroxylation sites is 1. The molecule has 0 aliphatic heterocycles. The van der Waals surface area contributed by atoms with Crippen LogP contribution in [0.1, 0.15) is 36.2 Å². The Kier molecular flexibility index (Phi) is 4.57. The summed E-state index contributed by atoms with van der Waals surface area (Å²) in [6.45, 7) is 5.69. The summed E-state index contributed by atoms with van der Waals surface area (Å²) in [6, 6.07) is 5.17. The van der Waals surface area contributed by atoms with Gasteiger partial charge in [-0.25, -0.2) is 0 Å². The number of hydrogen-bond donors (Lipinski definition) is 2. The van der Waals surface area contributed by atoms with Crippen LogP contribution in [0.3, 0.4) is 0 Å². The maximum absolute atomic E-state index is 12.0. The molecule has 17 heavy (non-hydrogen) atoms. The van der Waals surface area contributed by atoms with Crippen molar-refractivity contribution in [2.45, 2.75) is 32.7 Å². The van der Waals surface area contributed by atoms with Crippen molar-refractivity contribution in [2.24, 2.45) is 0 Å². The number of nitrogens with one attached hydrogen (secondary N) is 1. The Morgan fingerprint density at radius 2 is 2.12 bits per heavy atom. The van der Waals surface area contributed by atoms with Gasteiger partial charge in [-0.15, -0.1) is 0 Å². The molecule has 0 aliphatic carbocycles. The average molecular weight is 300 g/mol. The zero-order valence-electron chi connectivity index (χ0n) is 10.4. The molecule has 1 amide bonds. The quantitative estimate of drug-likeness (QED) is 0.840. The predicted octanol–water partition coefficient (Wildman–Crippen LogP) is 2.99. The highest BCUT2D eigenvalue weighted by molar-refractivity contribution is 9.09. The fourth-order valence-electron chi connectivity index (χ4n) is 1.52. The van der Waals surface area contributed by atoms with Crippen LogP contribution in [0.4, 0.5) is 0 Å². The van der Waals surface area contributed by atoms with Crippen molar-refractivity contribution in [1.82, 2.24) is 5.32 Å². The second kappa shape index (κ2) is 5.54. The average Bonchev–Trinajstić information content (AvgIpc) is 2.21. The lowest BCUT2D eigenvalue weighted by Gasteiger charge is -2.25. The fraction of sp³-hybridized carbons (Fsp3) is 0.462. The van der Waals surface area contributed by atoms with E-state index in [2.05, 4.69) is 21.2 Å². The van der Waals surface area contributed by atoms with Crippen LogP contribution < -0.4 is 5.32 Å². The molecule has 0 saturated heterocycles. The Balaban J connectivity index is 2.87. The molecule has 1 rings (SSSR count). The highest BCUT2D eigenvalue weighted by atomic mass is 79.9. The first-order valence-corrected chi connectivity index (χ1v) is 6.66. The third kappa shape index (κ3) is 3.73. The van der Waals surface area contributed by atoms with Crippen molar-refractivity contribution >= 4 is 21.8 Å². The summed E-state index contributed by atoms with van der Waals surface area (Å²) in [5.41, 5.74) is 0.736. The smallest absolute Gasteiger partial charge is 0.255 e. The fourth-order valence-corrected chi connectivity index (χ4v) is 2.51. The number of aromatic hydroxyl groups is 1. The second-order valence-electron chi connectivity index (χ2n) is 4.75. The lowest BCUT2D eigenvalue weighted by Crippen LogP contribution is -2.43. The van der Waals surface area contributed by atoms with Gasteiger partial charge in [-0.3, -0.25) is 4.79 Å². The Labute approximate surface area is 110 Å². The molecular formula is C13H18BrNO2. The molecular weight excluding hydrogens is 282 g/mol. The summed E-state index contributed by atoms with van der Waals surface area (Å²) in [5.74, 6) is -0.184. The number of carbonyl (C=O) groups is 1. The summed E-state index contributed by atoms with van der Waals surface area (Å²) in [4.78, 5) is 12.0. The van der Waals surface area contributed by atoms with Crippen molar-refractivity contribution in [3.63, 3.8) is 0 Å². The van der Waals surface area contributed by atoms with E-state index in [1.807, 2.05) is 13.8 Å². The van der Waals surface area contributed by atoms with E-state index in [0.29, 0.717) is 11.1 Å². The Morgan fingerprint density at radius 3 is 2.71 bits per heavy atom. The molecule has 0 spiro atoms. The first-order valence-electron chi connectivity index (χ1n) is 5.54. The molecule has 0 unspecified atom stereocenters. The van der Waals surface area contributed by atoms with Gasteiger partial charge in [0.15, 0.2) is 0 Å². The van der Waals surface area contributed by atoms with Crippen LogP contribution in [-0.2, 0) is 0 Å². The number of aryl methyl sites for hydroxylation is 1. The molecule has 0 bridgehead atoms. The number of halogens is 1. The number of amides is 1. The van der Waals surface area contributed by atoms with Crippen LogP contribution >= 0.6 is 15.9 Å². The van der Waals surface area contributed by atoms with Gasteiger partial charge in [-0.2, -0.15) is 0 Å². The number of alkyl halides is 1. The molecule has 0 aliphatic rings. The molecule has 3 nitrogen and oxygen atoms in total. The number of phenols is 1. The Bertz CT molecular complexity index is 416. The number of phenolic OH excluding ortho intramolecular Hbond substituents is 1. The topological polar surface area (TPSA) is 49.3 Å². The standard InChI is InChI=1S/C13H18BrNO2/c1-9-5-4-6-10(11(9)16)12(17)15-13(2,3)7-8-14/h4-6,16H,7-8H2,1-3H3,(H,15,17). The largest absolute Gasteiger partial charge is 0.507 e. The minimum absolute atomic E-state index is 0.0552. The molecule has 94 valence electrons. The van der Waals surface area contributed by atoms with Gasteiger partial charge in [0.2, 0.25) is 0 Å². The van der Waals surface area contributed by atoms with Crippen molar-refractivity contribution in [3.8, 4) is 5.75 Å². The van der Waals surface area contributed by atoms with Gasteiger partial charge >= 0.3 is 0 Å². The number of benzene rings is 1. The van der Waals surface area contributed by atoms with E-state index in [4.69, 9.17) is 0 Å². The van der Waals surface area contributed by atoms with E-state index < -0.39 is 0 Å². The third-order valence-corrected chi connectivity index (χ3v) is 3.05. The van der Waals surface area contributed by atoms with E-state index in [9.17, 15) is 9.90 Å². The molecule has 0 aromatic heterocycles. The van der Waals surface area contributed by atoms with Gasteiger partial charge in [0.25, 0.3) is 5.91 Å². The molecule has 0 radical (unpaired) electrons. The van der Waals surface area contributed by atoms with Crippen LogP contribution in [0.2, 0.25) is 0 Å². The van der Waals surface area contributed by atoms with E-state index >= 15 is 0 Å². The van der Waals surface area contributed by atoms with E-state index in [1.165, 1.54) is 0 Å². The van der Waals surface area contributed by atoms with Crippen LogP contribution in [-0.4, -0.2) is 21.9 Å². The first-order chi connectivity index (χ1) is 7.87. The molecule has 0 atom stereocenters. The van der Waals surface area contributed by atoms with Crippen LogP contribution in [0.25, 0.3) is 0 Å². The normalized spacial score (nSPS) is 11.3. The van der Waals surface area contributed by atoms with E-state index in [1.54, 1.807) is 25.1 Å². The monoisotopic (exact) mass is 299 g/mol. The molecule has 1 aromatic carbocycles. The summed E-state index contributed by atoms with van der Waals surface area (Å²) in [6.07, 6.45) is 0.825. The number of carbonyl (C=O) groups excluding carboxylic acids is 1. The van der Waals surface area contributed by atoms with Crippen LogP contribution in [0.5, 0.6) is 5.75 Å². The Hall–Kier alpha value is -1.03. The number of hydrogen-bond acceptors (Lipinski definition) is 2. The van der Waals surface area contributed by atoms with Gasteiger partial charge in [0, 0.05) is 10.9 Å². The lowest BCUT2D eigenvalue weighted by atomic mass is 10.0. The van der Waals surface area contributed by atoms with Crippen LogP contribution in [0.15, 0.2) is 18.2 Å². The maximum atomic E-state index is 12.0. The second-order valence-corrected chi connectivity index (χ2v) is 5.54. The van der Waals surface area contributed by atoms with Gasteiger partial charge in [0.1, 0.15) is 5.75 Å². The van der Waals surface area contributed by atoms with Gasteiger partial charge in [-0.05, 0) is 38.8 Å².